The van der Waals surface area contributed by atoms with E-state index in [9.17, 15) is 5.11 Å². The maximum absolute atomic E-state index is 9.73. The van der Waals surface area contributed by atoms with E-state index in [0.29, 0.717) is 26.2 Å². The van der Waals surface area contributed by atoms with Crippen molar-refractivity contribution in [3.63, 3.8) is 0 Å². The molecule has 2 aromatic rings. The first kappa shape index (κ1) is 16.1. The van der Waals surface area contributed by atoms with E-state index in [1.54, 1.807) is 0 Å². The highest BCUT2D eigenvalue weighted by atomic mass is 16.6. The molecule has 0 spiro atoms. The number of ether oxygens (including phenoxy) is 3. The van der Waals surface area contributed by atoms with Crippen LogP contribution in [0.25, 0.3) is 0 Å². The van der Waals surface area contributed by atoms with Gasteiger partial charge in [-0.3, -0.25) is 0 Å². The summed E-state index contributed by atoms with van der Waals surface area (Å²) < 4.78 is 17.1. The molecule has 1 heterocycles. The van der Waals surface area contributed by atoms with E-state index in [1.807, 2.05) is 60.7 Å². The Morgan fingerprint density at radius 3 is 2.17 bits per heavy atom. The van der Waals surface area contributed by atoms with Crippen LogP contribution in [-0.4, -0.2) is 30.2 Å². The van der Waals surface area contributed by atoms with E-state index in [2.05, 4.69) is 0 Å². The Morgan fingerprint density at radius 1 is 0.913 bits per heavy atom. The van der Waals surface area contributed by atoms with Crippen molar-refractivity contribution in [1.82, 2.24) is 0 Å². The van der Waals surface area contributed by atoms with Crippen LogP contribution < -0.4 is 0 Å². The van der Waals surface area contributed by atoms with Crippen LogP contribution >= 0.6 is 0 Å². The highest BCUT2D eigenvalue weighted by Gasteiger charge is 2.35. The number of aliphatic hydroxyl groups excluding tert-OH is 1. The van der Waals surface area contributed by atoms with Crippen molar-refractivity contribution in [1.29, 1.82) is 0 Å². The van der Waals surface area contributed by atoms with Gasteiger partial charge in [-0.2, -0.15) is 0 Å². The second kappa shape index (κ2) is 8.22. The quantitative estimate of drug-likeness (QED) is 0.854. The molecule has 2 aromatic carbocycles. The van der Waals surface area contributed by atoms with Crippen molar-refractivity contribution in [2.45, 2.75) is 38.1 Å². The van der Waals surface area contributed by atoms with Gasteiger partial charge in [-0.25, -0.2) is 0 Å². The van der Waals surface area contributed by atoms with Gasteiger partial charge in [0.25, 0.3) is 0 Å². The second-order valence-electron chi connectivity index (χ2n) is 5.70. The summed E-state index contributed by atoms with van der Waals surface area (Å²) >= 11 is 0. The molecule has 0 aromatic heterocycles. The fourth-order valence-corrected chi connectivity index (χ4v) is 2.66. The number of aliphatic hydroxyl groups is 1. The van der Waals surface area contributed by atoms with Crippen LogP contribution in [0.2, 0.25) is 0 Å². The summed E-state index contributed by atoms with van der Waals surface area (Å²) in [6.07, 6.45) is -0.689. The van der Waals surface area contributed by atoms with Crippen LogP contribution in [-0.2, 0) is 27.4 Å². The van der Waals surface area contributed by atoms with Crippen molar-refractivity contribution < 1.29 is 19.3 Å². The third-order valence-electron chi connectivity index (χ3n) is 3.88. The Labute approximate surface area is 136 Å². The zero-order chi connectivity index (χ0) is 15.9. The molecule has 23 heavy (non-hydrogen) atoms. The van der Waals surface area contributed by atoms with E-state index < -0.39 is 6.29 Å². The zero-order valence-electron chi connectivity index (χ0n) is 13.0. The van der Waals surface area contributed by atoms with Crippen molar-refractivity contribution in [2.75, 3.05) is 6.61 Å². The molecule has 1 fully saturated rings. The van der Waals surface area contributed by atoms with E-state index in [4.69, 9.17) is 14.2 Å². The first-order valence-electron chi connectivity index (χ1n) is 7.92. The molecule has 4 heteroatoms. The second-order valence-corrected chi connectivity index (χ2v) is 5.70. The standard InChI is InChI=1S/C19H22O4/c20-19-11-17(22-13-16-9-5-2-6-10-16)18(23-19)14-21-12-15-7-3-1-4-8-15/h1-10,17-20H,11-14H2/t17-,18+,19+/m1/s1. The van der Waals surface area contributed by atoms with Crippen LogP contribution in [0.5, 0.6) is 0 Å². The topological polar surface area (TPSA) is 47.9 Å². The lowest BCUT2D eigenvalue weighted by Gasteiger charge is -2.19. The van der Waals surface area contributed by atoms with Crippen LogP contribution in [0, 0.1) is 0 Å². The summed E-state index contributed by atoms with van der Waals surface area (Å²) in [5.41, 5.74) is 2.23. The summed E-state index contributed by atoms with van der Waals surface area (Å²) in [6, 6.07) is 20.0. The summed E-state index contributed by atoms with van der Waals surface area (Å²) in [7, 11) is 0. The minimum Gasteiger partial charge on any atom is -0.374 e. The summed E-state index contributed by atoms with van der Waals surface area (Å²) in [6.45, 7) is 1.45. The van der Waals surface area contributed by atoms with Crippen LogP contribution in [0.4, 0.5) is 0 Å². The van der Waals surface area contributed by atoms with Gasteiger partial charge in [-0.15, -0.1) is 0 Å². The lowest BCUT2D eigenvalue weighted by atomic mass is 10.2. The van der Waals surface area contributed by atoms with E-state index in [-0.39, 0.29) is 12.2 Å². The predicted molar refractivity (Wildman–Crippen MR) is 86.6 cm³/mol. The molecule has 1 N–H and O–H groups in total. The normalized spacial score (nSPS) is 24.0. The van der Waals surface area contributed by atoms with Gasteiger partial charge >= 0.3 is 0 Å². The van der Waals surface area contributed by atoms with E-state index >= 15 is 0 Å². The molecule has 0 aliphatic carbocycles. The van der Waals surface area contributed by atoms with Gasteiger partial charge in [0.15, 0.2) is 6.29 Å². The minimum absolute atomic E-state index is 0.152. The van der Waals surface area contributed by atoms with Gasteiger partial charge < -0.3 is 19.3 Å². The molecule has 0 amide bonds. The van der Waals surface area contributed by atoms with E-state index in [0.717, 1.165) is 11.1 Å². The lowest BCUT2D eigenvalue weighted by molar-refractivity contribution is -0.122. The zero-order valence-corrected chi connectivity index (χ0v) is 13.0. The fraction of sp³-hybridized carbons (Fsp3) is 0.368. The summed E-state index contributed by atoms with van der Waals surface area (Å²) in [5, 5.41) is 9.73. The molecule has 3 rings (SSSR count). The molecule has 1 aliphatic rings. The lowest BCUT2D eigenvalue weighted by Crippen LogP contribution is -2.29. The third kappa shape index (κ3) is 4.88. The predicted octanol–water partition coefficient (Wildman–Crippen LogP) is 2.90. The van der Waals surface area contributed by atoms with Crippen LogP contribution in [0.1, 0.15) is 17.5 Å². The maximum Gasteiger partial charge on any atom is 0.157 e. The SMILES string of the molecule is O[C@@H]1C[C@@H](OCc2ccccc2)[C@H](COCc2ccccc2)O1. The minimum atomic E-state index is -0.777. The van der Waals surface area contributed by atoms with Crippen molar-refractivity contribution in [3.8, 4) is 0 Å². The van der Waals surface area contributed by atoms with Gasteiger partial charge in [0.05, 0.1) is 25.9 Å². The Morgan fingerprint density at radius 2 is 1.52 bits per heavy atom. The smallest absolute Gasteiger partial charge is 0.157 e. The van der Waals surface area contributed by atoms with Gasteiger partial charge in [-0.1, -0.05) is 60.7 Å². The number of benzene rings is 2. The number of rotatable bonds is 7. The largest absolute Gasteiger partial charge is 0.374 e. The molecule has 0 radical (unpaired) electrons. The molecular weight excluding hydrogens is 292 g/mol. The molecule has 0 unspecified atom stereocenters. The van der Waals surface area contributed by atoms with Crippen molar-refractivity contribution in [3.05, 3.63) is 71.8 Å². The van der Waals surface area contributed by atoms with Crippen molar-refractivity contribution in [2.24, 2.45) is 0 Å². The van der Waals surface area contributed by atoms with Gasteiger partial charge in [0.2, 0.25) is 0 Å². The van der Waals surface area contributed by atoms with Gasteiger partial charge in [0.1, 0.15) is 6.10 Å². The molecule has 3 atom stereocenters. The molecule has 4 nitrogen and oxygen atoms in total. The average Bonchev–Trinajstić information content (AvgIpc) is 2.95. The fourth-order valence-electron chi connectivity index (χ4n) is 2.66. The van der Waals surface area contributed by atoms with Crippen LogP contribution in [0.15, 0.2) is 60.7 Å². The van der Waals surface area contributed by atoms with Gasteiger partial charge in [-0.05, 0) is 11.1 Å². The monoisotopic (exact) mass is 314 g/mol. The van der Waals surface area contributed by atoms with Gasteiger partial charge in [0, 0.05) is 6.42 Å². The molecule has 0 bridgehead atoms. The Hall–Kier alpha value is -1.72. The molecular formula is C19H22O4. The maximum atomic E-state index is 9.73. The summed E-state index contributed by atoms with van der Waals surface area (Å²) in [4.78, 5) is 0. The van der Waals surface area contributed by atoms with E-state index in [1.165, 1.54) is 0 Å². The highest BCUT2D eigenvalue weighted by molar-refractivity contribution is 5.14. The number of hydrogen-bond donors (Lipinski definition) is 1. The first-order valence-corrected chi connectivity index (χ1v) is 7.92. The summed E-state index contributed by atoms with van der Waals surface area (Å²) in [5.74, 6) is 0. The number of hydrogen-bond acceptors (Lipinski definition) is 4. The first-order chi connectivity index (χ1) is 11.3. The Bertz CT molecular complexity index is 572. The third-order valence-corrected chi connectivity index (χ3v) is 3.88. The van der Waals surface area contributed by atoms with Crippen LogP contribution in [0.3, 0.4) is 0 Å². The Balaban J connectivity index is 1.47. The molecule has 0 saturated carbocycles. The molecule has 1 aliphatic heterocycles. The average molecular weight is 314 g/mol. The molecule has 1 saturated heterocycles. The molecule has 122 valence electrons. The van der Waals surface area contributed by atoms with Crippen molar-refractivity contribution >= 4 is 0 Å². The highest BCUT2D eigenvalue weighted by Crippen LogP contribution is 2.23. The Kier molecular flexibility index (Phi) is 5.77.